The minimum atomic E-state index is -1.22. The molecular formula is C22H23NO7. The first-order valence-corrected chi connectivity index (χ1v) is 10.1. The summed E-state index contributed by atoms with van der Waals surface area (Å²) in [5, 5.41) is 8.89. The Kier molecular flexibility index (Phi) is 4.02. The summed E-state index contributed by atoms with van der Waals surface area (Å²) < 4.78 is 17.9. The number of ketones is 1. The molecule has 8 nitrogen and oxygen atoms in total. The fraction of sp³-hybridized carbons (Fsp3) is 0.500. The van der Waals surface area contributed by atoms with E-state index in [9.17, 15) is 14.4 Å². The summed E-state index contributed by atoms with van der Waals surface area (Å²) in [5.74, 6) is -0.808. The average Bonchev–Trinajstić information content (AvgIpc) is 3.07. The van der Waals surface area contributed by atoms with Gasteiger partial charge in [0.25, 0.3) is 0 Å². The lowest BCUT2D eigenvalue weighted by molar-refractivity contribution is -0.209. The number of nitrogens with zero attached hydrogens (tertiary/aromatic N) is 1. The fourth-order valence-corrected chi connectivity index (χ4v) is 6.22. The molecule has 2 fully saturated rings. The summed E-state index contributed by atoms with van der Waals surface area (Å²) in [6.07, 6.45) is 2.82. The van der Waals surface area contributed by atoms with Crippen LogP contribution in [0.4, 0.5) is 0 Å². The number of esters is 1. The SMILES string of the molecule is COc1ccc2c3c1O[C@H]1C(=O)CC[C@@]4(OC(=O)/C=C\C(=O)O)[C@@H](C2)N(C)CC[C@]314. The van der Waals surface area contributed by atoms with Crippen molar-refractivity contribution in [3.05, 3.63) is 35.4 Å². The van der Waals surface area contributed by atoms with E-state index in [1.807, 2.05) is 19.2 Å². The van der Waals surface area contributed by atoms with Gasteiger partial charge in [-0.1, -0.05) is 6.07 Å². The first-order valence-electron chi connectivity index (χ1n) is 10.1. The van der Waals surface area contributed by atoms with Crippen LogP contribution in [0.15, 0.2) is 24.3 Å². The molecule has 2 bridgehead atoms. The standard InChI is InChI=1S/C22H23NO7/c1-23-10-9-21-18-12-3-4-14(28-2)19(18)29-20(21)13(24)7-8-22(21,15(23)11-12)30-17(27)6-5-16(25)26/h3-6,15,20H,7-11H2,1-2H3,(H,25,26)/b6-5-/t15-,20+,21+,22-/m1/s1. The number of carbonyl (C=O) groups excluding carboxylic acids is 2. The van der Waals surface area contributed by atoms with Crippen molar-refractivity contribution in [2.24, 2.45) is 0 Å². The molecule has 8 heteroatoms. The maximum atomic E-state index is 13.0. The van der Waals surface area contributed by atoms with Gasteiger partial charge >= 0.3 is 11.9 Å². The highest BCUT2D eigenvalue weighted by Crippen LogP contribution is 2.65. The summed E-state index contributed by atoms with van der Waals surface area (Å²) in [6, 6.07) is 3.73. The third kappa shape index (κ3) is 2.22. The predicted octanol–water partition coefficient (Wildman–Crippen LogP) is 1.24. The molecule has 2 heterocycles. The Morgan fingerprint density at radius 1 is 1.30 bits per heavy atom. The van der Waals surface area contributed by atoms with Gasteiger partial charge in [-0.15, -0.1) is 0 Å². The molecule has 1 saturated carbocycles. The number of benzene rings is 1. The smallest absolute Gasteiger partial charge is 0.331 e. The first-order chi connectivity index (χ1) is 14.3. The van der Waals surface area contributed by atoms with Crippen LogP contribution in [0, 0.1) is 0 Å². The van der Waals surface area contributed by atoms with Crippen LogP contribution >= 0.6 is 0 Å². The second kappa shape index (κ2) is 6.31. The van der Waals surface area contributed by atoms with Gasteiger partial charge in [-0.2, -0.15) is 0 Å². The van der Waals surface area contributed by atoms with Crippen molar-refractivity contribution in [3.63, 3.8) is 0 Å². The third-order valence-corrected chi connectivity index (χ3v) is 7.33. The molecule has 1 aromatic rings. The number of carboxylic acid groups (broad SMARTS) is 1. The van der Waals surface area contributed by atoms with Crippen molar-refractivity contribution in [2.75, 3.05) is 20.7 Å². The normalized spacial score (nSPS) is 33.7. The zero-order valence-electron chi connectivity index (χ0n) is 16.8. The van der Waals surface area contributed by atoms with Crippen LogP contribution in [-0.4, -0.2) is 66.2 Å². The molecule has 1 spiro atoms. The topological polar surface area (TPSA) is 102 Å². The number of piperidine rings is 1. The fourth-order valence-electron chi connectivity index (χ4n) is 6.22. The lowest BCUT2D eigenvalue weighted by Crippen LogP contribution is -2.77. The van der Waals surface area contributed by atoms with Crippen molar-refractivity contribution >= 4 is 17.7 Å². The van der Waals surface area contributed by atoms with Crippen LogP contribution < -0.4 is 9.47 Å². The van der Waals surface area contributed by atoms with Gasteiger partial charge in [-0.25, -0.2) is 9.59 Å². The van der Waals surface area contributed by atoms with Gasteiger partial charge in [0.05, 0.1) is 18.6 Å². The molecule has 2 aliphatic carbocycles. The van der Waals surface area contributed by atoms with Crippen LogP contribution in [-0.2, 0) is 31.0 Å². The Morgan fingerprint density at radius 3 is 2.83 bits per heavy atom. The van der Waals surface area contributed by atoms with Crippen LogP contribution in [0.25, 0.3) is 0 Å². The zero-order valence-corrected chi connectivity index (χ0v) is 16.8. The number of carboxylic acids is 1. The average molecular weight is 413 g/mol. The highest BCUT2D eigenvalue weighted by molar-refractivity contribution is 5.93. The van der Waals surface area contributed by atoms with E-state index in [-0.39, 0.29) is 18.2 Å². The zero-order chi connectivity index (χ0) is 21.3. The Balaban J connectivity index is 1.73. The van der Waals surface area contributed by atoms with Crippen molar-refractivity contribution in [1.82, 2.24) is 4.90 Å². The number of Topliss-reactive ketones (excluding diaryl/α,β-unsaturated/α-hetero) is 1. The highest BCUT2D eigenvalue weighted by Gasteiger charge is 2.75. The van der Waals surface area contributed by atoms with E-state index in [0.29, 0.717) is 30.8 Å². The summed E-state index contributed by atoms with van der Waals surface area (Å²) >= 11 is 0. The Labute approximate surface area is 173 Å². The van der Waals surface area contributed by atoms with Crippen molar-refractivity contribution in [1.29, 1.82) is 0 Å². The minimum Gasteiger partial charge on any atom is -0.493 e. The largest absolute Gasteiger partial charge is 0.493 e. The van der Waals surface area contributed by atoms with Crippen LogP contribution in [0.5, 0.6) is 11.5 Å². The number of ether oxygens (including phenoxy) is 3. The number of aliphatic carboxylic acids is 1. The number of likely N-dealkylation sites (tertiary alicyclic amines) is 1. The van der Waals surface area contributed by atoms with E-state index in [2.05, 4.69) is 4.90 Å². The Morgan fingerprint density at radius 2 is 2.10 bits per heavy atom. The number of likely N-dealkylation sites (N-methyl/N-ethyl adjacent to an activating group) is 1. The quantitative estimate of drug-likeness (QED) is 0.581. The molecule has 30 heavy (non-hydrogen) atoms. The van der Waals surface area contributed by atoms with E-state index >= 15 is 0 Å². The predicted molar refractivity (Wildman–Crippen MR) is 104 cm³/mol. The second-order valence-corrected chi connectivity index (χ2v) is 8.50. The molecule has 0 amide bonds. The molecule has 1 aromatic carbocycles. The molecule has 4 atom stereocenters. The summed E-state index contributed by atoms with van der Waals surface area (Å²) in [5.41, 5.74) is 0.207. The third-order valence-electron chi connectivity index (χ3n) is 7.33. The number of methoxy groups -OCH3 is 1. The van der Waals surface area contributed by atoms with Crippen LogP contribution in [0.1, 0.15) is 30.4 Å². The van der Waals surface area contributed by atoms with Gasteiger partial charge in [-0.05, 0) is 44.5 Å². The van der Waals surface area contributed by atoms with Crippen LogP contribution in [0.3, 0.4) is 0 Å². The number of hydrogen-bond acceptors (Lipinski definition) is 7. The molecular weight excluding hydrogens is 390 g/mol. The molecule has 5 rings (SSSR count). The Bertz CT molecular complexity index is 1000. The van der Waals surface area contributed by atoms with Gasteiger partial charge in [0.2, 0.25) is 0 Å². The number of rotatable bonds is 4. The summed E-state index contributed by atoms with van der Waals surface area (Å²) in [6.45, 7) is 0.734. The highest BCUT2D eigenvalue weighted by atomic mass is 16.6. The van der Waals surface area contributed by atoms with Gasteiger partial charge in [0, 0.05) is 24.1 Å². The van der Waals surface area contributed by atoms with Gasteiger partial charge in [0.1, 0.15) is 5.60 Å². The summed E-state index contributed by atoms with van der Waals surface area (Å²) in [4.78, 5) is 38.8. The van der Waals surface area contributed by atoms with Crippen molar-refractivity contribution in [2.45, 2.75) is 48.8 Å². The molecule has 1 saturated heterocycles. The van der Waals surface area contributed by atoms with E-state index < -0.39 is 29.1 Å². The number of carbonyl (C=O) groups is 3. The van der Waals surface area contributed by atoms with E-state index in [4.69, 9.17) is 19.3 Å². The maximum Gasteiger partial charge on any atom is 0.331 e. The first kappa shape index (κ1) is 19.1. The molecule has 1 N–H and O–H groups in total. The minimum absolute atomic E-state index is 0.00263. The molecule has 2 aliphatic heterocycles. The van der Waals surface area contributed by atoms with Gasteiger partial charge < -0.3 is 19.3 Å². The van der Waals surface area contributed by atoms with E-state index in [1.165, 1.54) is 0 Å². The van der Waals surface area contributed by atoms with E-state index in [0.717, 1.165) is 29.8 Å². The van der Waals surface area contributed by atoms with Crippen molar-refractivity contribution in [3.8, 4) is 11.5 Å². The lowest BCUT2D eigenvalue weighted by Gasteiger charge is -2.63. The number of hydrogen-bond donors (Lipinski definition) is 1. The lowest BCUT2D eigenvalue weighted by atomic mass is 9.49. The molecule has 158 valence electrons. The monoisotopic (exact) mass is 413 g/mol. The van der Waals surface area contributed by atoms with Gasteiger partial charge in [0.15, 0.2) is 23.4 Å². The van der Waals surface area contributed by atoms with Gasteiger partial charge in [-0.3, -0.25) is 9.69 Å². The molecule has 4 aliphatic rings. The maximum absolute atomic E-state index is 13.0. The Hall–Kier alpha value is -2.87. The molecule has 0 radical (unpaired) electrons. The van der Waals surface area contributed by atoms with E-state index in [1.54, 1.807) is 7.11 Å². The molecule has 0 unspecified atom stereocenters. The van der Waals surface area contributed by atoms with Crippen LogP contribution in [0.2, 0.25) is 0 Å². The second-order valence-electron chi connectivity index (χ2n) is 8.50. The summed E-state index contributed by atoms with van der Waals surface area (Å²) in [7, 11) is 3.56. The molecule has 0 aromatic heterocycles. The van der Waals surface area contributed by atoms with Crippen molar-refractivity contribution < 1.29 is 33.7 Å².